The molecule has 0 bridgehead atoms. The average Bonchev–Trinajstić information content (AvgIpc) is 2.29. The van der Waals surface area contributed by atoms with E-state index in [9.17, 15) is 0 Å². The molecule has 1 fully saturated rings. The first-order valence-electron chi connectivity index (χ1n) is 6.17. The second-order valence-corrected chi connectivity index (χ2v) is 8.96. The molecule has 1 heterocycles. The predicted octanol–water partition coefficient (Wildman–Crippen LogP) is 1.13. The lowest BCUT2D eigenvalue weighted by molar-refractivity contribution is 0.00629. The average molecular weight is 248 g/mol. The Morgan fingerprint density at radius 2 is 2.25 bits per heavy atom. The summed E-state index contributed by atoms with van der Waals surface area (Å²) in [5.41, 5.74) is 0. The molecule has 0 aromatic heterocycles. The maximum Gasteiger partial charge on any atom is 0.189 e. The number of hydrogen-bond donors (Lipinski definition) is 2. The van der Waals surface area contributed by atoms with Crippen LogP contribution in [0.25, 0.3) is 0 Å². The Kier molecular flexibility index (Phi) is 6.53. The van der Waals surface area contributed by atoms with E-state index in [1.54, 1.807) is 0 Å². The monoisotopic (exact) mass is 248 g/mol. The second kappa shape index (κ2) is 7.40. The van der Waals surface area contributed by atoms with Crippen molar-refractivity contribution in [2.75, 3.05) is 26.4 Å². The molecule has 2 N–H and O–H groups in total. The summed E-state index contributed by atoms with van der Waals surface area (Å²) < 4.78 is 11.2. The lowest BCUT2D eigenvalue weighted by Crippen LogP contribution is -2.37. The van der Waals surface area contributed by atoms with Gasteiger partial charge < -0.3 is 19.4 Å². The summed E-state index contributed by atoms with van der Waals surface area (Å²) in [7, 11) is -1.41. The van der Waals surface area contributed by atoms with Gasteiger partial charge in [0.1, 0.15) is 6.10 Å². The summed E-state index contributed by atoms with van der Waals surface area (Å²) in [6, 6.07) is 2.41. The number of ether oxygens (including phenoxy) is 1. The number of aliphatic hydroxyl groups excluding tert-OH is 2. The van der Waals surface area contributed by atoms with Gasteiger partial charge in [-0.15, -0.1) is 0 Å². The third kappa shape index (κ3) is 5.40. The molecule has 5 heteroatoms. The van der Waals surface area contributed by atoms with E-state index in [2.05, 4.69) is 6.55 Å². The van der Waals surface area contributed by atoms with Crippen molar-refractivity contribution in [3.63, 3.8) is 0 Å². The molecule has 96 valence electrons. The molecule has 0 saturated carbocycles. The van der Waals surface area contributed by atoms with Gasteiger partial charge in [0.25, 0.3) is 0 Å². The Hall–Kier alpha value is 0.0569. The van der Waals surface area contributed by atoms with Crippen molar-refractivity contribution in [1.82, 2.24) is 0 Å². The van der Waals surface area contributed by atoms with Crippen LogP contribution in [0.4, 0.5) is 0 Å². The fourth-order valence-corrected chi connectivity index (χ4v) is 5.08. The lowest BCUT2D eigenvalue weighted by atomic mass is 10.4. The molecular formula is C11H24O4Si. The molecule has 1 rings (SSSR count). The van der Waals surface area contributed by atoms with Crippen LogP contribution >= 0.6 is 0 Å². The Bertz CT molecular complexity index is 183. The van der Waals surface area contributed by atoms with E-state index in [0.29, 0.717) is 6.61 Å². The first-order valence-corrected chi connectivity index (χ1v) is 8.99. The zero-order valence-corrected chi connectivity index (χ0v) is 11.2. The third-order valence-electron chi connectivity index (χ3n) is 3.07. The summed E-state index contributed by atoms with van der Waals surface area (Å²) in [5.74, 6) is 0. The lowest BCUT2D eigenvalue weighted by Gasteiger charge is -2.31. The van der Waals surface area contributed by atoms with Gasteiger partial charge in [0.15, 0.2) is 8.32 Å². The van der Waals surface area contributed by atoms with E-state index in [1.165, 1.54) is 18.9 Å². The minimum Gasteiger partial charge on any atom is -0.417 e. The van der Waals surface area contributed by atoms with Gasteiger partial charge in [-0.25, -0.2) is 0 Å². The normalized spacial score (nSPS) is 27.9. The minimum absolute atomic E-state index is 0.227. The van der Waals surface area contributed by atoms with E-state index in [-0.39, 0.29) is 13.2 Å². The molecule has 16 heavy (non-hydrogen) atoms. The molecule has 1 saturated heterocycles. The Labute approximate surface area is 98.7 Å². The van der Waals surface area contributed by atoms with Crippen LogP contribution in [0.1, 0.15) is 19.3 Å². The van der Waals surface area contributed by atoms with Crippen LogP contribution in [0.5, 0.6) is 0 Å². The van der Waals surface area contributed by atoms with Gasteiger partial charge in [-0.05, 0) is 31.5 Å². The maximum atomic E-state index is 9.07. The van der Waals surface area contributed by atoms with Gasteiger partial charge in [0.2, 0.25) is 0 Å². The van der Waals surface area contributed by atoms with Crippen LogP contribution in [-0.4, -0.2) is 51.1 Å². The topological polar surface area (TPSA) is 58.9 Å². The highest BCUT2D eigenvalue weighted by molar-refractivity contribution is 6.72. The van der Waals surface area contributed by atoms with E-state index < -0.39 is 14.4 Å². The van der Waals surface area contributed by atoms with Crippen LogP contribution in [-0.2, 0) is 9.16 Å². The molecule has 1 aliphatic rings. The van der Waals surface area contributed by atoms with Gasteiger partial charge in [0, 0.05) is 13.2 Å². The van der Waals surface area contributed by atoms with Crippen LogP contribution in [0.2, 0.25) is 18.6 Å². The van der Waals surface area contributed by atoms with Crippen molar-refractivity contribution in [2.45, 2.75) is 44.0 Å². The molecule has 1 aliphatic heterocycles. The van der Waals surface area contributed by atoms with E-state index in [1.807, 2.05) is 0 Å². The van der Waals surface area contributed by atoms with Gasteiger partial charge in [-0.3, -0.25) is 0 Å². The summed E-state index contributed by atoms with van der Waals surface area (Å²) in [6.07, 6.45) is 2.79. The van der Waals surface area contributed by atoms with Gasteiger partial charge in [0.05, 0.1) is 13.2 Å². The van der Waals surface area contributed by atoms with Gasteiger partial charge in [-0.1, -0.05) is 6.42 Å². The largest absolute Gasteiger partial charge is 0.417 e. The fraction of sp³-hybridized carbons (Fsp3) is 1.00. The third-order valence-corrected chi connectivity index (χ3v) is 6.79. The summed E-state index contributed by atoms with van der Waals surface area (Å²) >= 11 is 0. The van der Waals surface area contributed by atoms with Crippen molar-refractivity contribution in [1.29, 1.82) is 0 Å². The van der Waals surface area contributed by atoms with Crippen molar-refractivity contribution in [3.05, 3.63) is 0 Å². The molecule has 0 aliphatic carbocycles. The Morgan fingerprint density at radius 3 is 2.88 bits per heavy atom. The summed E-state index contributed by atoms with van der Waals surface area (Å²) in [5, 5.41) is 17.7. The smallest absolute Gasteiger partial charge is 0.189 e. The van der Waals surface area contributed by atoms with Crippen LogP contribution < -0.4 is 0 Å². The van der Waals surface area contributed by atoms with Crippen molar-refractivity contribution >= 4 is 8.32 Å². The highest BCUT2D eigenvalue weighted by atomic mass is 28.4. The second-order valence-electron chi connectivity index (χ2n) is 4.77. The number of hydrogen-bond acceptors (Lipinski definition) is 4. The number of rotatable bonds is 7. The molecular weight excluding hydrogens is 224 g/mol. The van der Waals surface area contributed by atoms with E-state index >= 15 is 0 Å². The Morgan fingerprint density at radius 1 is 1.44 bits per heavy atom. The molecule has 0 aromatic carbocycles. The number of aliphatic hydroxyl groups is 2. The van der Waals surface area contributed by atoms with E-state index in [4.69, 9.17) is 19.4 Å². The highest BCUT2D eigenvalue weighted by Crippen LogP contribution is 2.26. The van der Waals surface area contributed by atoms with Crippen LogP contribution in [0, 0.1) is 0 Å². The van der Waals surface area contributed by atoms with Crippen LogP contribution in [0.15, 0.2) is 0 Å². The zero-order chi connectivity index (χ0) is 11.9. The fourth-order valence-electron chi connectivity index (χ4n) is 2.01. The molecule has 2 atom stereocenters. The predicted molar refractivity (Wildman–Crippen MR) is 64.9 cm³/mol. The van der Waals surface area contributed by atoms with Crippen molar-refractivity contribution in [3.8, 4) is 0 Å². The first-order chi connectivity index (χ1) is 7.66. The Balaban J connectivity index is 2.01. The SMILES string of the molecule is C[Si]1(CCCOCC(O)CO)CCCCO1. The zero-order valence-electron chi connectivity index (χ0n) is 10.2. The summed E-state index contributed by atoms with van der Waals surface area (Å²) in [4.78, 5) is 0. The molecule has 0 radical (unpaired) electrons. The highest BCUT2D eigenvalue weighted by Gasteiger charge is 2.30. The quantitative estimate of drug-likeness (QED) is 0.524. The first kappa shape index (κ1) is 14.1. The molecule has 2 unspecified atom stereocenters. The molecule has 4 nitrogen and oxygen atoms in total. The van der Waals surface area contributed by atoms with Crippen LogP contribution in [0.3, 0.4) is 0 Å². The maximum absolute atomic E-state index is 9.07. The molecule has 0 aromatic rings. The van der Waals surface area contributed by atoms with E-state index in [0.717, 1.165) is 19.1 Å². The van der Waals surface area contributed by atoms with Gasteiger partial charge in [-0.2, -0.15) is 0 Å². The standard InChI is InChI=1S/C11H24O4Si/c1-16(7-3-2-6-15-16)8-4-5-14-10-11(13)9-12/h11-13H,2-10H2,1H3. The van der Waals surface area contributed by atoms with Crippen molar-refractivity contribution in [2.24, 2.45) is 0 Å². The molecule has 0 amide bonds. The van der Waals surface area contributed by atoms with Gasteiger partial charge >= 0.3 is 0 Å². The summed E-state index contributed by atoms with van der Waals surface area (Å²) in [6.45, 7) is 3.90. The minimum atomic E-state index is -1.41. The van der Waals surface area contributed by atoms with Crippen molar-refractivity contribution < 1.29 is 19.4 Å². The molecule has 0 spiro atoms.